The Morgan fingerprint density at radius 2 is 1.84 bits per heavy atom. The Morgan fingerprint density at radius 1 is 1.03 bits per heavy atom. The van der Waals surface area contributed by atoms with Gasteiger partial charge in [0.05, 0.1) is 5.52 Å². The van der Waals surface area contributed by atoms with E-state index in [1.165, 1.54) is 18.4 Å². The highest BCUT2D eigenvalue weighted by Gasteiger charge is 2.32. The first-order valence-corrected chi connectivity index (χ1v) is 11.3. The van der Waals surface area contributed by atoms with Gasteiger partial charge in [0, 0.05) is 42.0 Å². The third-order valence-electron chi connectivity index (χ3n) is 6.49. The molecule has 2 aromatic carbocycles. The van der Waals surface area contributed by atoms with Crippen molar-refractivity contribution >= 4 is 22.4 Å². The molecule has 0 spiro atoms. The van der Waals surface area contributed by atoms with Gasteiger partial charge in [-0.2, -0.15) is 0 Å². The molecule has 1 atom stereocenters. The van der Waals surface area contributed by atoms with E-state index < -0.39 is 0 Å². The van der Waals surface area contributed by atoms with Gasteiger partial charge in [0.2, 0.25) is 0 Å². The number of anilines is 1. The third kappa shape index (κ3) is 3.50. The third-order valence-corrected chi connectivity index (χ3v) is 6.49. The van der Waals surface area contributed by atoms with E-state index in [9.17, 15) is 0 Å². The summed E-state index contributed by atoms with van der Waals surface area (Å²) in [6.07, 6.45) is 8.46. The van der Waals surface area contributed by atoms with E-state index in [1.54, 1.807) is 0 Å². The minimum atomic E-state index is 0.498. The summed E-state index contributed by atoms with van der Waals surface area (Å²) >= 11 is 0. The van der Waals surface area contributed by atoms with E-state index in [0.717, 1.165) is 51.8 Å². The van der Waals surface area contributed by atoms with Crippen molar-refractivity contribution in [3.8, 4) is 11.4 Å². The lowest BCUT2D eigenvalue weighted by Crippen LogP contribution is -2.16. The highest BCUT2D eigenvalue weighted by molar-refractivity contribution is 5.90. The number of aromatic nitrogens is 4. The van der Waals surface area contributed by atoms with Crippen molar-refractivity contribution in [2.45, 2.75) is 25.7 Å². The molecular weight excluding hydrogens is 394 g/mol. The monoisotopic (exact) mass is 419 g/mol. The molecule has 0 amide bonds. The van der Waals surface area contributed by atoms with Gasteiger partial charge in [-0.05, 0) is 55.0 Å². The molecule has 1 aliphatic rings. The number of rotatable bonds is 6. The van der Waals surface area contributed by atoms with Crippen molar-refractivity contribution in [1.29, 1.82) is 0 Å². The van der Waals surface area contributed by atoms with Crippen molar-refractivity contribution in [1.82, 2.24) is 19.4 Å². The second-order valence-corrected chi connectivity index (χ2v) is 8.71. The maximum absolute atomic E-state index is 5.01. The molecule has 1 unspecified atom stereocenters. The summed E-state index contributed by atoms with van der Waals surface area (Å²) in [6.45, 7) is 2.96. The average Bonchev–Trinajstić information content (AvgIpc) is 3.56. The van der Waals surface area contributed by atoms with Crippen LogP contribution in [0.2, 0.25) is 0 Å². The first kappa shape index (κ1) is 19.0. The van der Waals surface area contributed by atoms with Crippen molar-refractivity contribution in [2.24, 2.45) is 5.92 Å². The van der Waals surface area contributed by atoms with E-state index in [4.69, 9.17) is 9.97 Å². The van der Waals surface area contributed by atoms with Gasteiger partial charge in [-0.3, -0.25) is 0 Å². The largest absolute Gasteiger partial charge is 0.369 e. The number of pyridine rings is 1. The van der Waals surface area contributed by atoms with Crippen LogP contribution in [0.1, 0.15) is 29.9 Å². The van der Waals surface area contributed by atoms with Gasteiger partial charge >= 0.3 is 0 Å². The SMILES string of the molecule is Cc1cc2nccn2cc1-c1nc(NCC(c2ccccc2)C2CC2)c2ccccc2n1. The quantitative estimate of drug-likeness (QED) is 0.375. The minimum Gasteiger partial charge on any atom is -0.369 e. The number of hydrogen-bond donors (Lipinski definition) is 1. The fourth-order valence-electron chi connectivity index (χ4n) is 4.59. The van der Waals surface area contributed by atoms with Crippen LogP contribution in [0.5, 0.6) is 0 Å². The van der Waals surface area contributed by atoms with Crippen LogP contribution < -0.4 is 5.32 Å². The summed E-state index contributed by atoms with van der Waals surface area (Å²) in [5.41, 5.74) is 5.42. The Hall–Kier alpha value is -3.73. The minimum absolute atomic E-state index is 0.498. The summed E-state index contributed by atoms with van der Waals surface area (Å²) in [5.74, 6) is 2.89. The lowest BCUT2D eigenvalue weighted by Gasteiger charge is -2.19. The van der Waals surface area contributed by atoms with Crippen molar-refractivity contribution in [2.75, 3.05) is 11.9 Å². The number of para-hydroxylation sites is 1. The number of nitrogens with zero attached hydrogens (tertiary/aromatic N) is 4. The van der Waals surface area contributed by atoms with Crippen molar-refractivity contribution < 1.29 is 0 Å². The standard InChI is InChI=1S/C27H25N5/c1-18-15-25-28-13-14-32(25)17-23(18)27-30-24-10-6-5-9-21(24)26(31-27)29-16-22(20-11-12-20)19-7-3-2-4-8-19/h2-10,13-15,17,20,22H,11-12,16H2,1H3,(H,29,30,31). The first-order chi connectivity index (χ1) is 15.8. The summed E-state index contributed by atoms with van der Waals surface area (Å²) in [4.78, 5) is 14.3. The molecule has 1 aliphatic carbocycles. The number of hydrogen-bond acceptors (Lipinski definition) is 4. The number of benzene rings is 2. The van der Waals surface area contributed by atoms with E-state index in [1.807, 2.05) is 22.9 Å². The van der Waals surface area contributed by atoms with Crippen LogP contribution in [0.15, 0.2) is 79.3 Å². The van der Waals surface area contributed by atoms with Crippen LogP contribution in [0.25, 0.3) is 27.9 Å². The average molecular weight is 420 g/mol. The van der Waals surface area contributed by atoms with Crippen LogP contribution in [0.4, 0.5) is 5.82 Å². The van der Waals surface area contributed by atoms with E-state index in [-0.39, 0.29) is 0 Å². The molecule has 0 aliphatic heterocycles. The first-order valence-electron chi connectivity index (χ1n) is 11.3. The van der Waals surface area contributed by atoms with Gasteiger partial charge in [0.15, 0.2) is 5.82 Å². The molecule has 32 heavy (non-hydrogen) atoms. The van der Waals surface area contributed by atoms with Crippen LogP contribution >= 0.6 is 0 Å². The van der Waals surface area contributed by atoms with Crippen molar-refractivity contribution in [3.05, 3.63) is 90.4 Å². The van der Waals surface area contributed by atoms with Gasteiger partial charge in [-0.25, -0.2) is 15.0 Å². The summed E-state index contributed by atoms with van der Waals surface area (Å²) in [5, 5.41) is 4.75. The zero-order valence-electron chi connectivity index (χ0n) is 18.1. The van der Waals surface area contributed by atoms with Gasteiger partial charge in [0.25, 0.3) is 0 Å². The molecule has 5 aromatic rings. The molecule has 3 aromatic heterocycles. The molecule has 0 radical (unpaired) electrons. The maximum atomic E-state index is 5.01. The fourth-order valence-corrected chi connectivity index (χ4v) is 4.59. The summed E-state index contributed by atoms with van der Waals surface area (Å²) < 4.78 is 2.02. The van der Waals surface area contributed by atoms with Crippen LogP contribution in [0, 0.1) is 12.8 Å². The van der Waals surface area contributed by atoms with Crippen LogP contribution in [-0.2, 0) is 0 Å². The van der Waals surface area contributed by atoms with Crippen LogP contribution in [-0.4, -0.2) is 25.9 Å². The molecule has 3 heterocycles. The molecule has 6 rings (SSSR count). The summed E-state index contributed by atoms with van der Waals surface area (Å²) in [6, 6.07) is 21.2. The number of nitrogens with one attached hydrogen (secondary N) is 1. The molecule has 5 nitrogen and oxygen atoms in total. The highest BCUT2D eigenvalue weighted by Crippen LogP contribution is 2.42. The topological polar surface area (TPSA) is 55.1 Å². The Balaban J connectivity index is 1.40. The van der Waals surface area contributed by atoms with Gasteiger partial charge in [-0.15, -0.1) is 0 Å². The molecule has 158 valence electrons. The molecule has 1 fully saturated rings. The van der Waals surface area contributed by atoms with Gasteiger partial charge in [0.1, 0.15) is 11.5 Å². The Kier molecular flexibility index (Phi) is 4.60. The lowest BCUT2D eigenvalue weighted by atomic mass is 9.94. The van der Waals surface area contributed by atoms with Gasteiger partial charge < -0.3 is 9.72 Å². The normalized spacial score (nSPS) is 14.7. The summed E-state index contributed by atoms with van der Waals surface area (Å²) in [7, 11) is 0. The maximum Gasteiger partial charge on any atom is 0.163 e. The predicted octanol–water partition coefficient (Wildman–Crippen LogP) is 5.86. The van der Waals surface area contributed by atoms with E-state index >= 15 is 0 Å². The Labute approximate surface area is 187 Å². The van der Waals surface area contributed by atoms with Crippen molar-refractivity contribution in [3.63, 3.8) is 0 Å². The second kappa shape index (κ2) is 7.75. The molecule has 1 saturated carbocycles. The number of aryl methyl sites for hydroxylation is 1. The molecule has 5 heteroatoms. The molecule has 0 saturated heterocycles. The highest BCUT2D eigenvalue weighted by atomic mass is 15.0. The second-order valence-electron chi connectivity index (χ2n) is 8.71. The zero-order chi connectivity index (χ0) is 21.5. The molecule has 1 N–H and O–H groups in total. The zero-order valence-corrected chi connectivity index (χ0v) is 18.1. The number of imidazole rings is 1. The number of fused-ring (bicyclic) bond motifs is 2. The van der Waals surface area contributed by atoms with Crippen LogP contribution in [0.3, 0.4) is 0 Å². The van der Waals surface area contributed by atoms with E-state index in [2.05, 4.69) is 78.0 Å². The Morgan fingerprint density at radius 3 is 2.69 bits per heavy atom. The lowest BCUT2D eigenvalue weighted by molar-refractivity contribution is 0.632. The smallest absolute Gasteiger partial charge is 0.163 e. The Bertz CT molecular complexity index is 1400. The fraction of sp³-hybridized carbons (Fsp3) is 0.222. The predicted molar refractivity (Wildman–Crippen MR) is 129 cm³/mol. The molecular formula is C27H25N5. The molecule has 0 bridgehead atoms. The van der Waals surface area contributed by atoms with Gasteiger partial charge in [-0.1, -0.05) is 42.5 Å². The van der Waals surface area contributed by atoms with E-state index in [0.29, 0.717) is 5.92 Å².